The Kier molecular flexibility index (Phi) is 3.83. The molecule has 0 amide bonds. The van der Waals surface area contributed by atoms with Crippen molar-refractivity contribution in [1.29, 1.82) is 0 Å². The maximum Gasteiger partial charge on any atom is 0.182 e. The molecule has 0 atom stereocenters. The summed E-state index contributed by atoms with van der Waals surface area (Å²) in [5, 5.41) is 8.75. The Morgan fingerprint density at radius 3 is 2.67 bits per heavy atom. The lowest BCUT2D eigenvalue weighted by Gasteiger charge is -2.08. The SMILES string of the molecule is Clc1cccc(-c2nc3c(C4=NCCN4)ccc(-c4ccncc4)n3n2)c1. The number of benzene rings is 1. The number of fused-ring (bicyclic) bond motifs is 1. The highest BCUT2D eigenvalue weighted by Gasteiger charge is 2.18. The smallest absolute Gasteiger partial charge is 0.182 e. The van der Waals surface area contributed by atoms with E-state index in [1.54, 1.807) is 12.4 Å². The van der Waals surface area contributed by atoms with Gasteiger partial charge in [0.2, 0.25) is 0 Å². The summed E-state index contributed by atoms with van der Waals surface area (Å²) >= 11 is 6.16. The number of aliphatic imine (C=N–C) groups is 1. The van der Waals surface area contributed by atoms with E-state index in [1.807, 2.05) is 53.0 Å². The number of amidine groups is 1. The van der Waals surface area contributed by atoms with Crippen molar-refractivity contribution in [2.24, 2.45) is 4.99 Å². The van der Waals surface area contributed by atoms with Crippen LogP contribution in [-0.2, 0) is 0 Å². The van der Waals surface area contributed by atoms with Gasteiger partial charge in [0, 0.05) is 35.1 Å². The molecule has 27 heavy (non-hydrogen) atoms. The summed E-state index contributed by atoms with van der Waals surface area (Å²) in [4.78, 5) is 13.5. The molecule has 3 aromatic heterocycles. The molecule has 0 radical (unpaired) electrons. The Labute approximate surface area is 160 Å². The standard InChI is InChI=1S/C20H15ClN6/c21-15-3-1-2-14(12-15)18-25-20-16(19-23-10-11-24-19)4-5-17(27(20)26-18)13-6-8-22-9-7-13/h1-9,12H,10-11H2,(H,23,24). The Balaban J connectivity index is 1.77. The number of hydrogen-bond acceptors (Lipinski definition) is 5. The Morgan fingerprint density at radius 2 is 1.89 bits per heavy atom. The number of pyridine rings is 2. The zero-order valence-corrected chi connectivity index (χ0v) is 15.1. The van der Waals surface area contributed by atoms with Gasteiger partial charge in [-0.05, 0) is 36.4 Å². The van der Waals surface area contributed by atoms with Crippen LogP contribution in [0.1, 0.15) is 5.56 Å². The summed E-state index contributed by atoms with van der Waals surface area (Å²) in [6, 6.07) is 15.6. The van der Waals surface area contributed by atoms with Gasteiger partial charge in [0.05, 0.1) is 17.8 Å². The maximum atomic E-state index is 6.16. The molecule has 1 aromatic carbocycles. The van der Waals surface area contributed by atoms with Crippen LogP contribution in [0.25, 0.3) is 28.3 Å². The van der Waals surface area contributed by atoms with Gasteiger partial charge in [-0.25, -0.2) is 9.50 Å². The number of aromatic nitrogens is 4. The van der Waals surface area contributed by atoms with E-state index >= 15 is 0 Å². The predicted molar refractivity (Wildman–Crippen MR) is 106 cm³/mol. The molecule has 5 rings (SSSR count). The average molecular weight is 375 g/mol. The molecule has 0 saturated heterocycles. The fourth-order valence-electron chi connectivity index (χ4n) is 3.22. The molecule has 0 bridgehead atoms. The number of halogens is 1. The second kappa shape index (κ2) is 6.48. The molecular formula is C20H15ClN6. The van der Waals surface area contributed by atoms with E-state index in [0.717, 1.165) is 47.0 Å². The van der Waals surface area contributed by atoms with Crippen LogP contribution >= 0.6 is 11.6 Å². The van der Waals surface area contributed by atoms with Crippen molar-refractivity contribution >= 4 is 23.1 Å². The fourth-order valence-corrected chi connectivity index (χ4v) is 3.41. The molecule has 0 spiro atoms. The predicted octanol–water partition coefficient (Wildman–Crippen LogP) is 3.46. The van der Waals surface area contributed by atoms with Crippen molar-refractivity contribution in [3.05, 3.63) is 71.5 Å². The van der Waals surface area contributed by atoms with Crippen LogP contribution in [0.5, 0.6) is 0 Å². The van der Waals surface area contributed by atoms with Gasteiger partial charge in [-0.15, -0.1) is 5.10 Å². The Bertz CT molecular complexity index is 1170. The van der Waals surface area contributed by atoms with Gasteiger partial charge in [-0.3, -0.25) is 9.98 Å². The van der Waals surface area contributed by atoms with E-state index in [0.29, 0.717) is 10.8 Å². The second-order valence-corrected chi connectivity index (χ2v) is 6.64. The number of rotatable bonds is 3. The van der Waals surface area contributed by atoms with Gasteiger partial charge >= 0.3 is 0 Å². The van der Waals surface area contributed by atoms with Crippen molar-refractivity contribution in [2.75, 3.05) is 13.1 Å². The van der Waals surface area contributed by atoms with Gasteiger partial charge in [-0.2, -0.15) is 0 Å². The molecule has 0 unspecified atom stereocenters. The molecule has 1 N–H and O–H groups in total. The van der Waals surface area contributed by atoms with Crippen LogP contribution in [0.4, 0.5) is 0 Å². The van der Waals surface area contributed by atoms with Gasteiger partial charge in [0.25, 0.3) is 0 Å². The van der Waals surface area contributed by atoms with Crippen molar-refractivity contribution < 1.29 is 0 Å². The first-order chi connectivity index (χ1) is 13.3. The molecule has 132 valence electrons. The molecule has 4 heterocycles. The minimum Gasteiger partial charge on any atom is -0.368 e. The van der Waals surface area contributed by atoms with Crippen LogP contribution in [0.2, 0.25) is 5.02 Å². The highest BCUT2D eigenvalue weighted by Crippen LogP contribution is 2.26. The average Bonchev–Trinajstić information content (AvgIpc) is 3.38. The molecular weight excluding hydrogens is 360 g/mol. The molecule has 0 aliphatic carbocycles. The van der Waals surface area contributed by atoms with E-state index in [9.17, 15) is 0 Å². The van der Waals surface area contributed by atoms with Crippen LogP contribution in [0.3, 0.4) is 0 Å². The van der Waals surface area contributed by atoms with Gasteiger partial charge in [0.15, 0.2) is 11.5 Å². The maximum absolute atomic E-state index is 6.16. The quantitative estimate of drug-likeness (QED) is 0.596. The van der Waals surface area contributed by atoms with E-state index in [-0.39, 0.29) is 0 Å². The highest BCUT2D eigenvalue weighted by atomic mass is 35.5. The monoisotopic (exact) mass is 374 g/mol. The third kappa shape index (κ3) is 2.84. The first kappa shape index (κ1) is 16.0. The molecule has 4 aromatic rings. The Morgan fingerprint density at radius 1 is 1.00 bits per heavy atom. The second-order valence-electron chi connectivity index (χ2n) is 6.21. The number of nitrogens with zero attached hydrogens (tertiary/aromatic N) is 5. The van der Waals surface area contributed by atoms with Crippen molar-refractivity contribution in [3.63, 3.8) is 0 Å². The third-order valence-electron chi connectivity index (χ3n) is 4.47. The van der Waals surface area contributed by atoms with Crippen molar-refractivity contribution in [1.82, 2.24) is 24.9 Å². The lowest BCUT2D eigenvalue weighted by atomic mass is 10.1. The lowest BCUT2D eigenvalue weighted by molar-refractivity contribution is 0.956. The van der Waals surface area contributed by atoms with E-state index in [2.05, 4.69) is 15.3 Å². The number of nitrogens with one attached hydrogen (secondary N) is 1. The van der Waals surface area contributed by atoms with Crippen LogP contribution in [0, 0.1) is 0 Å². The van der Waals surface area contributed by atoms with Crippen LogP contribution in [-0.4, -0.2) is 38.5 Å². The molecule has 6 nitrogen and oxygen atoms in total. The van der Waals surface area contributed by atoms with Crippen LogP contribution < -0.4 is 5.32 Å². The van der Waals surface area contributed by atoms with Gasteiger partial charge < -0.3 is 5.32 Å². The molecule has 1 aliphatic rings. The molecule has 7 heteroatoms. The lowest BCUT2D eigenvalue weighted by Crippen LogP contribution is -2.20. The fraction of sp³-hybridized carbons (Fsp3) is 0.100. The summed E-state index contributed by atoms with van der Waals surface area (Å²) in [5.41, 5.74) is 4.53. The first-order valence-electron chi connectivity index (χ1n) is 8.64. The van der Waals surface area contributed by atoms with Crippen LogP contribution in [0.15, 0.2) is 65.9 Å². The largest absolute Gasteiger partial charge is 0.368 e. The zero-order valence-electron chi connectivity index (χ0n) is 14.3. The minimum absolute atomic E-state index is 0.624. The molecule has 1 aliphatic heterocycles. The van der Waals surface area contributed by atoms with Gasteiger partial charge in [-0.1, -0.05) is 23.7 Å². The van der Waals surface area contributed by atoms with E-state index in [1.165, 1.54) is 0 Å². The molecule has 0 saturated carbocycles. The third-order valence-corrected chi connectivity index (χ3v) is 4.71. The summed E-state index contributed by atoms with van der Waals surface area (Å²) in [7, 11) is 0. The number of hydrogen-bond donors (Lipinski definition) is 1. The molecule has 0 fully saturated rings. The normalized spacial score (nSPS) is 13.6. The van der Waals surface area contributed by atoms with Crippen molar-refractivity contribution in [3.8, 4) is 22.6 Å². The zero-order chi connectivity index (χ0) is 18.2. The topological polar surface area (TPSA) is 67.5 Å². The van der Waals surface area contributed by atoms with E-state index < -0.39 is 0 Å². The van der Waals surface area contributed by atoms with Gasteiger partial charge in [0.1, 0.15) is 5.84 Å². The Hall–Kier alpha value is -3.25. The first-order valence-corrected chi connectivity index (χ1v) is 9.02. The van der Waals surface area contributed by atoms with Crippen molar-refractivity contribution in [2.45, 2.75) is 0 Å². The summed E-state index contributed by atoms with van der Waals surface area (Å²) in [6.45, 7) is 1.60. The highest BCUT2D eigenvalue weighted by molar-refractivity contribution is 6.30. The summed E-state index contributed by atoms with van der Waals surface area (Å²) in [5.74, 6) is 1.48. The van der Waals surface area contributed by atoms with E-state index in [4.69, 9.17) is 21.7 Å². The summed E-state index contributed by atoms with van der Waals surface area (Å²) in [6.07, 6.45) is 3.54. The summed E-state index contributed by atoms with van der Waals surface area (Å²) < 4.78 is 1.86. The minimum atomic E-state index is 0.624.